The first-order valence-electron chi connectivity index (χ1n) is 11.5. The molecule has 2 aromatic carbocycles. The molecule has 0 bridgehead atoms. The molecule has 6 rings (SSSR count). The Labute approximate surface area is 206 Å². The quantitative estimate of drug-likeness (QED) is 0.264. The lowest BCUT2D eigenvalue weighted by atomic mass is 9.91. The summed E-state index contributed by atoms with van der Waals surface area (Å²) in [5.41, 5.74) is 6.10. The SMILES string of the molecule is CC(=O)c1sc(Oc2ccc(OCc3ccc4ccccc4n3)cc2)c2c1CCc1cnn(C)c1-2. The number of Topliss-reactive ketones (excluding diaryl/α,β-unsaturated/α-hetero) is 1. The van der Waals surface area contributed by atoms with Crippen molar-refractivity contribution in [1.82, 2.24) is 14.8 Å². The summed E-state index contributed by atoms with van der Waals surface area (Å²) in [6, 6.07) is 19.6. The molecule has 0 atom stereocenters. The Morgan fingerprint density at radius 1 is 1.03 bits per heavy atom. The molecule has 0 unspecified atom stereocenters. The number of hydrogen-bond donors (Lipinski definition) is 0. The van der Waals surface area contributed by atoms with Gasteiger partial charge in [0, 0.05) is 12.4 Å². The van der Waals surface area contributed by atoms with Crippen molar-refractivity contribution in [2.24, 2.45) is 7.05 Å². The van der Waals surface area contributed by atoms with Crippen molar-refractivity contribution < 1.29 is 14.3 Å². The fraction of sp³-hybridized carbons (Fsp3) is 0.179. The molecule has 0 amide bonds. The molecule has 35 heavy (non-hydrogen) atoms. The molecule has 0 N–H and O–H groups in total. The number of aryl methyl sites for hydroxylation is 2. The number of aromatic nitrogens is 3. The summed E-state index contributed by atoms with van der Waals surface area (Å²) >= 11 is 1.41. The maximum atomic E-state index is 12.3. The molecule has 0 aliphatic heterocycles. The number of nitrogens with zero attached hydrogens (tertiary/aromatic N) is 3. The number of ether oxygens (including phenoxy) is 2. The van der Waals surface area contributed by atoms with E-state index < -0.39 is 0 Å². The van der Waals surface area contributed by atoms with Crippen LogP contribution >= 0.6 is 11.3 Å². The number of benzene rings is 2. The maximum Gasteiger partial charge on any atom is 0.191 e. The molecule has 0 saturated heterocycles. The van der Waals surface area contributed by atoms with Gasteiger partial charge in [-0.15, -0.1) is 0 Å². The number of ketones is 1. The largest absolute Gasteiger partial charge is 0.487 e. The molecule has 6 nitrogen and oxygen atoms in total. The van der Waals surface area contributed by atoms with Gasteiger partial charge in [0.15, 0.2) is 10.8 Å². The van der Waals surface area contributed by atoms with Gasteiger partial charge in [-0.25, -0.2) is 4.98 Å². The van der Waals surface area contributed by atoms with Crippen molar-refractivity contribution in [3.8, 4) is 27.8 Å². The second-order valence-electron chi connectivity index (χ2n) is 8.63. The van der Waals surface area contributed by atoms with E-state index in [1.54, 1.807) is 6.92 Å². The van der Waals surface area contributed by atoms with E-state index in [4.69, 9.17) is 9.47 Å². The molecule has 0 saturated carbocycles. The molecule has 3 aromatic heterocycles. The minimum absolute atomic E-state index is 0.0674. The number of thiophene rings is 1. The number of rotatable bonds is 6. The Morgan fingerprint density at radius 3 is 2.66 bits per heavy atom. The lowest BCUT2D eigenvalue weighted by Crippen LogP contribution is -2.07. The van der Waals surface area contributed by atoms with Crippen LogP contribution in [0.5, 0.6) is 16.6 Å². The number of pyridine rings is 1. The molecule has 1 aliphatic carbocycles. The van der Waals surface area contributed by atoms with Crippen molar-refractivity contribution in [3.63, 3.8) is 0 Å². The molecule has 0 fully saturated rings. The molecule has 3 heterocycles. The summed E-state index contributed by atoms with van der Waals surface area (Å²) in [4.78, 5) is 17.8. The number of carbonyl (C=O) groups excluding carboxylic acids is 1. The Balaban J connectivity index is 1.22. The van der Waals surface area contributed by atoms with Gasteiger partial charge in [0.25, 0.3) is 0 Å². The molecule has 0 radical (unpaired) electrons. The van der Waals surface area contributed by atoms with Gasteiger partial charge in [0.05, 0.1) is 33.5 Å². The lowest BCUT2D eigenvalue weighted by Gasteiger charge is -2.16. The summed E-state index contributed by atoms with van der Waals surface area (Å²) in [7, 11) is 1.93. The van der Waals surface area contributed by atoms with E-state index in [-0.39, 0.29) is 5.78 Å². The number of fused-ring (bicyclic) bond motifs is 4. The Morgan fingerprint density at radius 2 is 1.83 bits per heavy atom. The van der Waals surface area contributed by atoms with Crippen LogP contribution in [0.25, 0.3) is 22.2 Å². The van der Waals surface area contributed by atoms with Crippen molar-refractivity contribution in [2.45, 2.75) is 26.4 Å². The summed E-state index contributed by atoms with van der Waals surface area (Å²) in [5.74, 6) is 1.49. The van der Waals surface area contributed by atoms with Gasteiger partial charge in [-0.1, -0.05) is 35.6 Å². The van der Waals surface area contributed by atoms with E-state index in [0.29, 0.717) is 12.4 Å². The van der Waals surface area contributed by atoms with Gasteiger partial charge in [-0.2, -0.15) is 5.10 Å². The van der Waals surface area contributed by atoms with Crippen LogP contribution in [-0.4, -0.2) is 20.5 Å². The topological polar surface area (TPSA) is 66.2 Å². The predicted octanol–water partition coefficient (Wildman–Crippen LogP) is 6.37. The van der Waals surface area contributed by atoms with E-state index in [1.807, 2.05) is 72.5 Å². The van der Waals surface area contributed by atoms with Gasteiger partial charge in [0.1, 0.15) is 18.1 Å². The van der Waals surface area contributed by atoms with Crippen LogP contribution in [0.3, 0.4) is 0 Å². The first-order valence-corrected chi connectivity index (χ1v) is 12.3. The van der Waals surface area contributed by atoms with Crippen molar-refractivity contribution >= 4 is 28.0 Å². The smallest absolute Gasteiger partial charge is 0.191 e. The third-order valence-corrected chi connectivity index (χ3v) is 7.48. The Kier molecular flexibility index (Phi) is 5.34. The zero-order chi connectivity index (χ0) is 23.9. The van der Waals surface area contributed by atoms with Gasteiger partial charge in [-0.3, -0.25) is 9.48 Å². The number of para-hydroxylation sites is 1. The van der Waals surface area contributed by atoms with Crippen LogP contribution in [-0.2, 0) is 26.5 Å². The molecule has 7 heteroatoms. The van der Waals surface area contributed by atoms with Crippen LogP contribution in [0.1, 0.15) is 33.4 Å². The Bertz CT molecular complexity index is 1570. The molecule has 5 aromatic rings. The second-order valence-corrected chi connectivity index (χ2v) is 9.61. The summed E-state index contributed by atoms with van der Waals surface area (Å²) in [6.07, 6.45) is 3.60. The summed E-state index contributed by atoms with van der Waals surface area (Å²) in [6.45, 7) is 2.00. The van der Waals surface area contributed by atoms with E-state index in [0.717, 1.165) is 61.9 Å². The third kappa shape index (κ3) is 3.98. The van der Waals surface area contributed by atoms with Crippen LogP contribution in [0.2, 0.25) is 0 Å². The van der Waals surface area contributed by atoms with E-state index >= 15 is 0 Å². The summed E-state index contributed by atoms with van der Waals surface area (Å²) in [5, 5.41) is 6.27. The fourth-order valence-electron chi connectivity index (χ4n) is 4.58. The molecular formula is C28H23N3O3S. The second kappa shape index (κ2) is 8.67. The predicted molar refractivity (Wildman–Crippen MR) is 137 cm³/mol. The van der Waals surface area contributed by atoms with E-state index in [2.05, 4.69) is 16.1 Å². The molecule has 0 spiro atoms. The van der Waals surface area contributed by atoms with Crippen molar-refractivity contribution in [2.75, 3.05) is 0 Å². The van der Waals surface area contributed by atoms with E-state index in [9.17, 15) is 4.79 Å². The van der Waals surface area contributed by atoms with Gasteiger partial charge >= 0.3 is 0 Å². The zero-order valence-electron chi connectivity index (χ0n) is 19.4. The average Bonchev–Trinajstić information content (AvgIpc) is 3.44. The maximum absolute atomic E-state index is 12.3. The first-order chi connectivity index (χ1) is 17.1. The normalized spacial score (nSPS) is 12.3. The van der Waals surface area contributed by atoms with Crippen molar-refractivity contribution in [3.05, 3.63) is 88.6 Å². The van der Waals surface area contributed by atoms with Crippen LogP contribution in [0.15, 0.2) is 66.9 Å². The number of carbonyl (C=O) groups is 1. The highest BCUT2D eigenvalue weighted by Crippen LogP contribution is 2.48. The van der Waals surface area contributed by atoms with Crippen LogP contribution in [0, 0.1) is 0 Å². The van der Waals surface area contributed by atoms with Crippen LogP contribution in [0.4, 0.5) is 0 Å². The highest BCUT2D eigenvalue weighted by atomic mass is 32.1. The monoisotopic (exact) mass is 481 g/mol. The van der Waals surface area contributed by atoms with Gasteiger partial charge < -0.3 is 9.47 Å². The summed E-state index contributed by atoms with van der Waals surface area (Å²) < 4.78 is 14.1. The highest BCUT2D eigenvalue weighted by molar-refractivity contribution is 7.16. The third-order valence-electron chi connectivity index (χ3n) is 6.27. The first kappa shape index (κ1) is 21.6. The van der Waals surface area contributed by atoms with Gasteiger partial charge in [-0.05, 0) is 67.3 Å². The lowest BCUT2D eigenvalue weighted by molar-refractivity contribution is 0.102. The number of hydrogen-bond acceptors (Lipinski definition) is 6. The Hall–Kier alpha value is -3.97. The molecular weight excluding hydrogens is 458 g/mol. The van der Waals surface area contributed by atoms with Crippen molar-refractivity contribution in [1.29, 1.82) is 0 Å². The minimum Gasteiger partial charge on any atom is -0.487 e. The fourth-order valence-corrected chi connectivity index (χ4v) is 5.70. The highest BCUT2D eigenvalue weighted by Gasteiger charge is 2.30. The van der Waals surface area contributed by atoms with E-state index in [1.165, 1.54) is 16.9 Å². The average molecular weight is 482 g/mol. The zero-order valence-corrected chi connectivity index (χ0v) is 20.3. The molecule has 174 valence electrons. The standard InChI is InChI=1S/C28H23N3O3S/c1-17(32)27-23-14-8-19-15-29-31(2)26(19)25(23)28(35-27)34-22-12-10-21(11-13-22)33-16-20-9-7-18-5-3-4-6-24(18)30-20/h3-7,9-13,15H,8,14,16H2,1-2H3. The van der Waals surface area contributed by atoms with Gasteiger partial charge in [0.2, 0.25) is 0 Å². The molecule has 1 aliphatic rings. The van der Waals surface area contributed by atoms with Crippen LogP contribution < -0.4 is 9.47 Å². The minimum atomic E-state index is 0.0674.